The first-order valence-corrected chi connectivity index (χ1v) is 6.49. The van der Waals surface area contributed by atoms with Crippen molar-refractivity contribution in [3.05, 3.63) is 12.4 Å². The lowest BCUT2D eigenvalue weighted by Gasteiger charge is -2.35. The fraction of sp³-hybridized carbons (Fsp3) is 0.692. The second kappa shape index (κ2) is 6.00. The molecule has 1 aromatic heterocycles. The number of hydrogen-bond acceptors (Lipinski definition) is 5. The first-order chi connectivity index (χ1) is 8.69. The van der Waals surface area contributed by atoms with Gasteiger partial charge in [-0.3, -0.25) is 4.98 Å². The van der Waals surface area contributed by atoms with Gasteiger partial charge in [-0.05, 0) is 18.3 Å². The molecule has 2 rings (SSSR count). The first-order valence-electron chi connectivity index (χ1n) is 6.49. The molecule has 0 saturated carbocycles. The van der Waals surface area contributed by atoms with Gasteiger partial charge in [0.2, 0.25) is 5.88 Å². The molecule has 2 heterocycles. The third-order valence-corrected chi connectivity index (χ3v) is 3.13. The SMILES string of the molecule is C[C@H]1C[C@H](C)CN(c2cncc(OCCO)n2)C1. The largest absolute Gasteiger partial charge is 0.474 e. The first kappa shape index (κ1) is 13.1. The van der Waals surface area contributed by atoms with Crippen LogP contribution >= 0.6 is 0 Å². The van der Waals surface area contributed by atoms with E-state index < -0.39 is 0 Å². The minimum absolute atomic E-state index is 0.0102. The van der Waals surface area contributed by atoms with Crippen molar-refractivity contribution in [3.8, 4) is 5.88 Å². The Morgan fingerprint density at radius 1 is 1.33 bits per heavy atom. The zero-order valence-corrected chi connectivity index (χ0v) is 11.0. The summed E-state index contributed by atoms with van der Waals surface area (Å²) in [6.45, 7) is 6.81. The molecule has 0 radical (unpaired) electrons. The van der Waals surface area contributed by atoms with E-state index in [2.05, 4.69) is 28.7 Å². The highest BCUT2D eigenvalue weighted by atomic mass is 16.5. The summed E-state index contributed by atoms with van der Waals surface area (Å²) < 4.78 is 5.29. The molecule has 0 unspecified atom stereocenters. The van der Waals surface area contributed by atoms with Crippen LogP contribution in [0.5, 0.6) is 5.88 Å². The number of aliphatic hydroxyl groups is 1. The minimum atomic E-state index is -0.0102. The Labute approximate surface area is 108 Å². The Kier molecular flexibility index (Phi) is 4.36. The van der Waals surface area contributed by atoms with Gasteiger partial charge in [0.05, 0.1) is 19.0 Å². The van der Waals surface area contributed by atoms with Crippen molar-refractivity contribution < 1.29 is 9.84 Å². The van der Waals surface area contributed by atoms with Gasteiger partial charge in [-0.1, -0.05) is 13.8 Å². The molecule has 1 aromatic rings. The molecule has 1 N–H and O–H groups in total. The minimum Gasteiger partial charge on any atom is -0.474 e. The monoisotopic (exact) mass is 251 g/mol. The van der Waals surface area contributed by atoms with E-state index in [1.807, 2.05) is 0 Å². The van der Waals surface area contributed by atoms with Crippen molar-refractivity contribution >= 4 is 5.82 Å². The van der Waals surface area contributed by atoms with Crippen LogP contribution < -0.4 is 9.64 Å². The summed E-state index contributed by atoms with van der Waals surface area (Å²) in [4.78, 5) is 10.8. The predicted octanol–water partition coefficient (Wildman–Crippen LogP) is 1.33. The fourth-order valence-electron chi connectivity index (χ4n) is 2.56. The van der Waals surface area contributed by atoms with E-state index in [-0.39, 0.29) is 13.2 Å². The lowest BCUT2D eigenvalue weighted by Crippen LogP contribution is -2.39. The van der Waals surface area contributed by atoms with E-state index in [1.54, 1.807) is 12.4 Å². The molecule has 0 aromatic carbocycles. The average molecular weight is 251 g/mol. The zero-order valence-electron chi connectivity index (χ0n) is 11.0. The maximum absolute atomic E-state index is 8.73. The molecule has 5 nitrogen and oxygen atoms in total. The van der Waals surface area contributed by atoms with Crippen LogP contribution in [0.4, 0.5) is 5.82 Å². The molecule has 1 fully saturated rings. The molecule has 0 spiro atoms. The van der Waals surface area contributed by atoms with Crippen molar-refractivity contribution in [1.82, 2.24) is 9.97 Å². The van der Waals surface area contributed by atoms with Crippen molar-refractivity contribution in [2.24, 2.45) is 11.8 Å². The standard InChI is InChI=1S/C13H21N3O2/c1-10-5-11(2)9-16(8-10)12-6-14-7-13(15-12)18-4-3-17/h6-7,10-11,17H,3-5,8-9H2,1-2H3/t10-,11-/m0/s1. The maximum Gasteiger partial charge on any atom is 0.234 e. The molecule has 1 aliphatic heterocycles. The highest BCUT2D eigenvalue weighted by molar-refractivity contribution is 5.38. The number of piperidine rings is 1. The topological polar surface area (TPSA) is 58.5 Å². The quantitative estimate of drug-likeness (QED) is 0.875. The van der Waals surface area contributed by atoms with Crippen LogP contribution in [-0.2, 0) is 0 Å². The van der Waals surface area contributed by atoms with Gasteiger partial charge in [0.25, 0.3) is 0 Å². The zero-order chi connectivity index (χ0) is 13.0. The summed E-state index contributed by atoms with van der Waals surface area (Å²) in [6, 6.07) is 0. The number of rotatable bonds is 4. The molecule has 1 saturated heterocycles. The normalized spacial score (nSPS) is 24.1. The smallest absolute Gasteiger partial charge is 0.234 e. The average Bonchev–Trinajstić information content (AvgIpc) is 2.35. The molecule has 2 atom stereocenters. The summed E-state index contributed by atoms with van der Waals surface area (Å²) >= 11 is 0. The van der Waals surface area contributed by atoms with Gasteiger partial charge in [0.1, 0.15) is 6.61 Å². The second-order valence-corrected chi connectivity index (χ2v) is 5.14. The highest BCUT2D eigenvalue weighted by Crippen LogP contribution is 2.25. The van der Waals surface area contributed by atoms with Crippen molar-refractivity contribution in [1.29, 1.82) is 0 Å². The Morgan fingerprint density at radius 2 is 2.06 bits per heavy atom. The van der Waals surface area contributed by atoms with E-state index in [9.17, 15) is 0 Å². The molecular formula is C13H21N3O2. The summed E-state index contributed by atoms with van der Waals surface area (Å²) in [5, 5.41) is 8.73. The van der Waals surface area contributed by atoms with E-state index in [0.29, 0.717) is 17.7 Å². The van der Waals surface area contributed by atoms with E-state index >= 15 is 0 Å². The van der Waals surface area contributed by atoms with Crippen LogP contribution in [0.3, 0.4) is 0 Å². The Morgan fingerprint density at radius 3 is 2.72 bits per heavy atom. The molecule has 0 bridgehead atoms. The molecule has 100 valence electrons. The van der Waals surface area contributed by atoms with Gasteiger partial charge in [0, 0.05) is 13.1 Å². The van der Waals surface area contributed by atoms with Crippen molar-refractivity contribution in [2.45, 2.75) is 20.3 Å². The summed E-state index contributed by atoms with van der Waals surface area (Å²) in [5.74, 6) is 2.70. The lowest BCUT2D eigenvalue weighted by atomic mass is 9.92. The van der Waals surface area contributed by atoms with E-state index in [1.165, 1.54) is 6.42 Å². The predicted molar refractivity (Wildman–Crippen MR) is 69.8 cm³/mol. The van der Waals surface area contributed by atoms with Crippen LogP contribution in [-0.4, -0.2) is 41.4 Å². The summed E-state index contributed by atoms with van der Waals surface area (Å²) in [5.41, 5.74) is 0. The molecule has 0 amide bonds. The molecule has 1 aliphatic rings. The fourth-order valence-corrected chi connectivity index (χ4v) is 2.56. The van der Waals surface area contributed by atoms with Gasteiger partial charge in [-0.15, -0.1) is 0 Å². The van der Waals surface area contributed by atoms with Crippen molar-refractivity contribution in [3.63, 3.8) is 0 Å². The number of aliphatic hydroxyl groups excluding tert-OH is 1. The number of hydrogen-bond donors (Lipinski definition) is 1. The van der Waals surface area contributed by atoms with Crippen LogP contribution in [0, 0.1) is 11.8 Å². The van der Waals surface area contributed by atoms with Gasteiger partial charge < -0.3 is 14.7 Å². The third-order valence-electron chi connectivity index (χ3n) is 3.13. The molecule has 18 heavy (non-hydrogen) atoms. The number of nitrogens with zero attached hydrogens (tertiary/aromatic N) is 3. The van der Waals surface area contributed by atoms with Crippen LogP contribution in [0.1, 0.15) is 20.3 Å². The van der Waals surface area contributed by atoms with Crippen LogP contribution in [0.2, 0.25) is 0 Å². The van der Waals surface area contributed by atoms with E-state index in [0.717, 1.165) is 18.9 Å². The maximum atomic E-state index is 8.73. The Hall–Kier alpha value is -1.36. The molecule has 5 heteroatoms. The Bertz CT molecular complexity index is 376. The van der Waals surface area contributed by atoms with E-state index in [4.69, 9.17) is 9.84 Å². The van der Waals surface area contributed by atoms with Crippen molar-refractivity contribution in [2.75, 3.05) is 31.2 Å². The highest BCUT2D eigenvalue weighted by Gasteiger charge is 2.23. The lowest BCUT2D eigenvalue weighted by molar-refractivity contribution is 0.196. The van der Waals surface area contributed by atoms with Gasteiger partial charge >= 0.3 is 0 Å². The van der Waals surface area contributed by atoms with Gasteiger partial charge in [-0.2, -0.15) is 4.98 Å². The molecule has 0 aliphatic carbocycles. The number of ether oxygens (including phenoxy) is 1. The third kappa shape index (κ3) is 3.32. The Balaban J connectivity index is 2.07. The van der Waals surface area contributed by atoms with Crippen LogP contribution in [0.25, 0.3) is 0 Å². The van der Waals surface area contributed by atoms with Gasteiger partial charge in [-0.25, -0.2) is 0 Å². The van der Waals surface area contributed by atoms with Crippen LogP contribution in [0.15, 0.2) is 12.4 Å². The summed E-state index contributed by atoms with van der Waals surface area (Å²) in [7, 11) is 0. The number of anilines is 1. The number of aromatic nitrogens is 2. The van der Waals surface area contributed by atoms with Gasteiger partial charge in [0.15, 0.2) is 5.82 Å². The molecular weight excluding hydrogens is 230 g/mol. The second-order valence-electron chi connectivity index (χ2n) is 5.14. The summed E-state index contributed by atoms with van der Waals surface area (Å²) in [6.07, 6.45) is 4.62.